The molecule has 0 aromatic heterocycles. The zero-order valence-electron chi connectivity index (χ0n) is 15.2. The second-order valence-electron chi connectivity index (χ2n) is 6.94. The molecule has 0 bridgehead atoms. The average molecular weight is 346 g/mol. The summed E-state index contributed by atoms with van der Waals surface area (Å²) in [7, 11) is 0. The van der Waals surface area contributed by atoms with Crippen LogP contribution in [0.1, 0.15) is 63.5 Å². The SMILES string of the molecule is CC(C)c1cccc(C(C)C)c1NC(=O)COC(=O)[C@H]1CCC(=O)N1. The summed E-state index contributed by atoms with van der Waals surface area (Å²) in [6.45, 7) is 7.90. The number of anilines is 1. The predicted octanol–water partition coefficient (Wildman–Crippen LogP) is 2.69. The van der Waals surface area contributed by atoms with E-state index >= 15 is 0 Å². The van der Waals surface area contributed by atoms with Crippen molar-refractivity contribution < 1.29 is 19.1 Å². The van der Waals surface area contributed by atoms with E-state index in [1.54, 1.807) is 0 Å². The quantitative estimate of drug-likeness (QED) is 0.776. The van der Waals surface area contributed by atoms with Gasteiger partial charge in [0.05, 0.1) is 0 Å². The van der Waals surface area contributed by atoms with Crippen LogP contribution in [-0.4, -0.2) is 30.4 Å². The molecule has 1 aliphatic rings. The Morgan fingerprint density at radius 2 is 1.80 bits per heavy atom. The molecule has 25 heavy (non-hydrogen) atoms. The number of ether oxygens (including phenoxy) is 1. The lowest BCUT2D eigenvalue weighted by Gasteiger charge is -2.20. The lowest BCUT2D eigenvalue weighted by atomic mass is 9.92. The minimum absolute atomic E-state index is 0.168. The number of carbonyl (C=O) groups excluding carboxylic acids is 3. The highest BCUT2D eigenvalue weighted by Crippen LogP contribution is 2.32. The van der Waals surface area contributed by atoms with Crippen molar-refractivity contribution >= 4 is 23.5 Å². The summed E-state index contributed by atoms with van der Waals surface area (Å²) >= 11 is 0. The van der Waals surface area contributed by atoms with Gasteiger partial charge in [0.15, 0.2) is 6.61 Å². The summed E-state index contributed by atoms with van der Waals surface area (Å²) in [5, 5.41) is 5.42. The van der Waals surface area contributed by atoms with E-state index in [1.165, 1.54) is 0 Å². The molecule has 2 amide bonds. The van der Waals surface area contributed by atoms with E-state index in [0.717, 1.165) is 16.8 Å². The molecule has 2 rings (SSSR count). The van der Waals surface area contributed by atoms with Crippen molar-refractivity contribution in [2.24, 2.45) is 0 Å². The number of rotatable bonds is 6. The number of benzene rings is 1. The molecule has 136 valence electrons. The first kappa shape index (κ1) is 19.0. The van der Waals surface area contributed by atoms with Crippen LogP contribution in [0.25, 0.3) is 0 Å². The molecular weight excluding hydrogens is 320 g/mol. The van der Waals surface area contributed by atoms with E-state index in [0.29, 0.717) is 12.8 Å². The van der Waals surface area contributed by atoms with E-state index in [2.05, 4.69) is 38.3 Å². The molecule has 1 aromatic carbocycles. The molecule has 1 saturated heterocycles. The highest BCUT2D eigenvalue weighted by molar-refractivity contribution is 5.95. The minimum atomic E-state index is -0.644. The zero-order chi connectivity index (χ0) is 18.6. The Morgan fingerprint density at radius 3 is 2.28 bits per heavy atom. The van der Waals surface area contributed by atoms with Crippen LogP contribution < -0.4 is 10.6 Å². The number of hydrogen-bond donors (Lipinski definition) is 2. The second kappa shape index (κ2) is 8.14. The zero-order valence-corrected chi connectivity index (χ0v) is 15.2. The van der Waals surface area contributed by atoms with Crippen LogP contribution in [0.5, 0.6) is 0 Å². The largest absolute Gasteiger partial charge is 0.454 e. The maximum absolute atomic E-state index is 12.3. The molecule has 0 unspecified atom stereocenters. The number of esters is 1. The number of amides is 2. The van der Waals surface area contributed by atoms with Gasteiger partial charge >= 0.3 is 5.97 Å². The normalized spacial score (nSPS) is 16.9. The Balaban J connectivity index is 2.02. The Kier molecular flexibility index (Phi) is 6.17. The van der Waals surface area contributed by atoms with Gasteiger partial charge in [0.1, 0.15) is 6.04 Å². The van der Waals surface area contributed by atoms with E-state index in [1.807, 2.05) is 18.2 Å². The molecule has 1 fully saturated rings. The first-order valence-electron chi connectivity index (χ1n) is 8.68. The van der Waals surface area contributed by atoms with Crippen molar-refractivity contribution in [3.05, 3.63) is 29.3 Å². The molecule has 1 aromatic rings. The van der Waals surface area contributed by atoms with Gasteiger partial charge in [-0.15, -0.1) is 0 Å². The number of para-hydroxylation sites is 1. The lowest BCUT2D eigenvalue weighted by molar-refractivity contribution is -0.149. The molecule has 0 radical (unpaired) electrons. The fourth-order valence-electron chi connectivity index (χ4n) is 2.90. The van der Waals surface area contributed by atoms with E-state index in [9.17, 15) is 14.4 Å². The van der Waals surface area contributed by atoms with Crippen LogP contribution in [0.3, 0.4) is 0 Å². The summed E-state index contributed by atoms with van der Waals surface area (Å²) in [5.41, 5.74) is 2.89. The number of nitrogens with one attached hydrogen (secondary N) is 2. The van der Waals surface area contributed by atoms with Gasteiger partial charge in [-0.05, 0) is 29.4 Å². The molecule has 2 N–H and O–H groups in total. The van der Waals surface area contributed by atoms with Gasteiger partial charge in [0.25, 0.3) is 5.91 Å². The second-order valence-corrected chi connectivity index (χ2v) is 6.94. The van der Waals surface area contributed by atoms with E-state index in [4.69, 9.17) is 4.74 Å². The summed E-state index contributed by atoms with van der Waals surface area (Å²) in [4.78, 5) is 35.3. The van der Waals surface area contributed by atoms with Gasteiger partial charge in [0, 0.05) is 12.1 Å². The highest BCUT2D eigenvalue weighted by atomic mass is 16.5. The molecule has 1 atom stereocenters. The minimum Gasteiger partial charge on any atom is -0.454 e. The molecule has 0 spiro atoms. The van der Waals surface area contributed by atoms with Gasteiger partial charge in [-0.2, -0.15) is 0 Å². The van der Waals surface area contributed by atoms with Crippen LogP contribution in [0, 0.1) is 0 Å². The topological polar surface area (TPSA) is 84.5 Å². The van der Waals surface area contributed by atoms with Gasteiger partial charge < -0.3 is 15.4 Å². The fourth-order valence-corrected chi connectivity index (χ4v) is 2.90. The standard InChI is InChI=1S/C19H26N2O4/c1-11(2)13-6-5-7-14(12(3)4)18(13)21-17(23)10-25-19(24)15-8-9-16(22)20-15/h5-7,11-12,15H,8-10H2,1-4H3,(H,20,22)(H,21,23)/t15-/m1/s1. The third-order valence-corrected chi connectivity index (χ3v) is 4.26. The number of carbonyl (C=O) groups is 3. The van der Waals surface area contributed by atoms with Gasteiger partial charge in [-0.1, -0.05) is 45.9 Å². The summed E-state index contributed by atoms with van der Waals surface area (Å²) in [6.07, 6.45) is 0.721. The van der Waals surface area contributed by atoms with Crippen LogP contribution in [-0.2, 0) is 19.1 Å². The Bertz CT molecular complexity index is 641. The van der Waals surface area contributed by atoms with Gasteiger partial charge in [-0.25, -0.2) is 4.79 Å². The highest BCUT2D eigenvalue weighted by Gasteiger charge is 2.29. The van der Waals surface area contributed by atoms with Crippen LogP contribution in [0.4, 0.5) is 5.69 Å². The van der Waals surface area contributed by atoms with Crippen LogP contribution in [0.15, 0.2) is 18.2 Å². The van der Waals surface area contributed by atoms with Crippen molar-refractivity contribution in [2.75, 3.05) is 11.9 Å². The molecule has 0 aliphatic carbocycles. The molecule has 6 nitrogen and oxygen atoms in total. The van der Waals surface area contributed by atoms with Gasteiger partial charge in [-0.3, -0.25) is 9.59 Å². The van der Waals surface area contributed by atoms with E-state index in [-0.39, 0.29) is 30.3 Å². The Morgan fingerprint density at radius 1 is 1.20 bits per heavy atom. The molecule has 0 saturated carbocycles. The fraction of sp³-hybridized carbons (Fsp3) is 0.526. The summed E-state index contributed by atoms with van der Waals surface area (Å²) < 4.78 is 5.04. The third kappa shape index (κ3) is 4.81. The van der Waals surface area contributed by atoms with Crippen molar-refractivity contribution in [2.45, 2.75) is 58.4 Å². The third-order valence-electron chi connectivity index (χ3n) is 4.26. The Labute approximate surface area is 148 Å². The maximum atomic E-state index is 12.3. The van der Waals surface area contributed by atoms with E-state index < -0.39 is 12.0 Å². The molecule has 1 heterocycles. The smallest absolute Gasteiger partial charge is 0.329 e. The lowest BCUT2D eigenvalue weighted by Crippen LogP contribution is -2.36. The molecule has 1 aliphatic heterocycles. The molecule has 6 heteroatoms. The first-order chi connectivity index (χ1) is 11.8. The van der Waals surface area contributed by atoms with Crippen molar-refractivity contribution in [1.29, 1.82) is 0 Å². The monoisotopic (exact) mass is 346 g/mol. The average Bonchev–Trinajstić information content (AvgIpc) is 2.99. The van der Waals surface area contributed by atoms with Gasteiger partial charge in [0.2, 0.25) is 5.91 Å². The maximum Gasteiger partial charge on any atom is 0.329 e. The summed E-state index contributed by atoms with van der Waals surface area (Å²) in [5.74, 6) is -0.607. The molecular formula is C19H26N2O4. The Hall–Kier alpha value is -2.37. The van der Waals surface area contributed by atoms with Crippen LogP contribution in [0.2, 0.25) is 0 Å². The predicted molar refractivity (Wildman–Crippen MR) is 95.4 cm³/mol. The van der Waals surface area contributed by atoms with Crippen molar-refractivity contribution in [3.63, 3.8) is 0 Å². The summed E-state index contributed by atoms with van der Waals surface area (Å²) in [6, 6.07) is 5.33. The first-order valence-corrected chi connectivity index (χ1v) is 8.68. The van der Waals surface area contributed by atoms with Crippen molar-refractivity contribution in [1.82, 2.24) is 5.32 Å². The van der Waals surface area contributed by atoms with Crippen molar-refractivity contribution in [3.8, 4) is 0 Å². The van der Waals surface area contributed by atoms with Crippen LogP contribution >= 0.6 is 0 Å². The number of hydrogen-bond acceptors (Lipinski definition) is 4.